The zero-order chi connectivity index (χ0) is 17.5. The summed E-state index contributed by atoms with van der Waals surface area (Å²) in [6.07, 6.45) is 3.10. The number of aromatic nitrogens is 2. The summed E-state index contributed by atoms with van der Waals surface area (Å²) in [5.41, 5.74) is 0.489. The largest absolute Gasteiger partial charge is 0.355 e. The first-order valence-electron chi connectivity index (χ1n) is 8.36. The van der Waals surface area contributed by atoms with Gasteiger partial charge in [-0.25, -0.2) is 9.97 Å². The van der Waals surface area contributed by atoms with Gasteiger partial charge in [0.1, 0.15) is 0 Å². The third kappa shape index (κ3) is 5.16. The van der Waals surface area contributed by atoms with E-state index in [1.165, 1.54) is 0 Å². The minimum atomic E-state index is -0.0654. The minimum Gasteiger partial charge on any atom is -0.355 e. The van der Waals surface area contributed by atoms with E-state index >= 15 is 0 Å². The molecule has 24 heavy (non-hydrogen) atoms. The highest BCUT2D eigenvalue weighted by molar-refractivity contribution is 5.93. The Hall–Kier alpha value is -2.22. The van der Waals surface area contributed by atoms with Gasteiger partial charge in [-0.05, 0) is 20.8 Å². The fourth-order valence-electron chi connectivity index (χ4n) is 2.55. The average molecular weight is 334 g/mol. The second-order valence-electron chi connectivity index (χ2n) is 6.12. The molecule has 1 saturated heterocycles. The monoisotopic (exact) mass is 334 g/mol. The number of hydrogen-bond donors (Lipinski definition) is 2. The van der Waals surface area contributed by atoms with Crippen LogP contribution < -0.4 is 10.6 Å². The molecule has 1 aliphatic heterocycles. The predicted octanol–water partition coefficient (Wildman–Crippen LogP) is 0.191. The summed E-state index contributed by atoms with van der Waals surface area (Å²) in [5, 5.41) is 5.88. The first-order chi connectivity index (χ1) is 11.5. The van der Waals surface area contributed by atoms with Crippen LogP contribution in [-0.4, -0.2) is 76.9 Å². The molecule has 0 aliphatic carbocycles. The minimum absolute atomic E-state index is 0.0252. The molecule has 132 valence electrons. The van der Waals surface area contributed by atoms with Gasteiger partial charge in [-0.2, -0.15) is 0 Å². The van der Waals surface area contributed by atoms with Gasteiger partial charge in [0.2, 0.25) is 11.9 Å². The van der Waals surface area contributed by atoms with Crippen LogP contribution >= 0.6 is 0 Å². The van der Waals surface area contributed by atoms with Crippen molar-refractivity contribution in [1.82, 2.24) is 25.1 Å². The first-order valence-corrected chi connectivity index (χ1v) is 8.36. The highest BCUT2D eigenvalue weighted by Gasteiger charge is 2.23. The van der Waals surface area contributed by atoms with Crippen LogP contribution in [0.2, 0.25) is 0 Å². The number of anilines is 1. The lowest BCUT2D eigenvalue weighted by Gasteiger charge is -2.34. The maximum Gasteiger partial charge on any atom is 0.257 e. The highest BCUT2D eigenvalue weighted by atomic mass is 16.2. The van der Waals surface area contributed by atoms with Crippen molar-refractivity contribution >= 4 is 17.8 Å². The maximum atomic E-state index is 12.5. The van der Waals surface area contributed by atoms with Crippen molar-refractivity contribution in [2.75, 3.05) is 44.6 Å². The van der Waals surface area contributed by atoms with Crippen molar-refractivity contribution in [2.24, 2.45) is 0 Å². The van der Waals surface area contributed by atoms with Crippen molar-refractivity contribution < 1.29 is 9.59 Å². The van der Waals surface area contributed by atoms with E-state index < -0.39 is 0 Å². The summed E-state index contributed by atoms with van der Waals surface area (Å²) in [5.74, 6) is 0.483. The predicted molar refractivity (Wildman–Crippen MR) is 91.8 cm³/mol. The van der Waals surface area contributed by atoms with E-state index in [-0.39, 0.29) is 17.9 Å². The van der Waals surface area contributed by atoms with Crippen LogP contribution in [0.3, 0.4) is 0 Å². The first kappa shape index (κ1) is 18.1. The fraction of sp³-hybridized carbons (Fsp3) is 0.625. The van der Waals surface area contributed by atoms with Gasteiger partial charge in [0.25, 0.3) is 5.91 Å². The molecule has 1 aliphatic rings. The van der Waals surface area contributed by atoms with Gasteiger partial charge in [0.05, 0.1) is 12.1 Å². The third-order valence-corrected chi connectivity index (χ3v) is 3.71. The Kier molecular flexibility index (Phi) is 6.48. The molecule has 0 saturated carbocycles. The fourth-order valence-corrected chi connectivity index (χ4v) is 2.55. The molecule has 1 aromatic rings. The number of carbonyl (C=O) groups is 2. The lowest BCUT2D eigenvalue weighted by Crippen LogP contribution is -2.51. The molecule has 0 radical (unpaired) electrons. The Labute approximate surface area is 142 Å². The number of rotatable bonds is 6. The molecule has 8 heteroatoms. The van der Waals surface area contributed by atoms with Gasteiger partial charge in [0, 0.05) is 51.2 Å². The molecule has 2 amide bonds. The smallest absolute Gasteiger partial charge is 0.257 e. The lowest BCUT2D eigenvalue weighted by molar-refractivity contribution is -0.123. The van der Waals surface area contributed by atoms with E-state index in [1.807, 2.05) is 20.8 Å². The number of hydrogen-bond acceptors (Lipinski definition) is 6. The Morgan fingerprint density at radius 2 is 1.79 bits per heavy atom. The van der Waals surface area contributed by atoms with Crippen LogP contribution in [0.1, 0.15) is 31.1 Å². The second kappa shape index (κ2) is 8.58. The summed E-state index contributed by atoms with van der Waals surface area (Å²) in [4.78, 5) is 36.4. The summed E-state index contributed by atoms with van der Waals surface area (Å²) < 4.78 is 0. The van der Waals surface area contributed by atoms with Crippen molar-refractivity contribution in [3.63, 3.8) is 0 Å². The van der Waals surface area contributed by atoms with Crippen LogP contribution in [0, 0.1) is 0 Å². The van der Waals surface area contributed by atoms with E-state index in [1.54, 1.807) is 17.3 Å². The van der Waals surface area contributed by atoms with E-state index in [2.05, 4.69) is 25.5 Å². The van der Waals surface area contributed by atoms with Crippen molar-refractivity contribution in [1.29, 1.82) is 0 Å². The van der Waals surface area contributed by atoms with E-state index in [0.717, 1.165) is 6.54 Å². The van der Waals surface area contributed by atoms with E-state index in [9.17, 15) is 9.59 Å². The average Bonchev–Trinajstić information content (AvgIpc) is 2.55. The SMILES string of the molecule is CCNc1ncc(C(=O)N2CCN(CC(=O)NC(C)C)CC2)cn1. The Morgan fingerprint density at radius 1 is 1.17 bits per heavy atom. The van der Waals surface area contributed by atoms with Gasteiger partial charge in [-0.1, -0.05) is 0 Å². The van der Waals surface area contributed by atoms with E-state index in [0.29, 0.717) is 44.2 Å². The quantitative estimate of drug-likeness (QED) is 0.772. The van der Waals surface area contributed by atoms with Crippen molar-refractivity contribution in [3.8, 4) is 0 Å². The molecule has 0 bridgehead atoms. The third-order valence-electron chi connectivity index (χ3n) is 3.71. The summed E-state index contributed by atoms with van der Waals surface area (Å²) in [6.45, 7) is 9.53. The van der Waals surface area contributed by atoms with Crippen LogP contribution in [0.25, 0.3) is 0 Å². The number of carbonyl (C=O) groups excluding carboxylic acids is 2. The molecule has 8 nitrogen and oxygen atoms in total. The maximum absolute atomic E-state index is 12.5. The Morgan fingerprint density at radius 3 is 2.33 bits per heavy atom. The van der Waals surface area contributed by atoms with Gasteiger partial charge >= 0.3 is 0 Å². The normalized spacial score (nSPS) is 15.4. The molecular formula is C16H26N6O2. The van der Waals surface area contributed by atoms with E-state index in [4.69, 9.17) is 0 Å². The Balaban J connectivity index is 1.83. The molecule has 0 aromatic carbocycles. The highest BCUT2D eigenvalue weighted by Crippen LogP contribution is 2.08. The van der Waals surface area contributed by atoms with Crippen LogP contribution in [0.5, 0.6) is 0 Å². The molecule has 1 aromatic heterocycles. The topological polar surface area (TPSA) is 90.5 Å². The molecular weight excluding hydrogens is 308 g/mol. The number of piperazine rings is 1. The summed E-state index contributed by atoms with van der Waals surface area (Å²) in [6, 6.07) is 0.144. The number of nitrogens with zero attached hydrogens (tertiary/aromatic N) is 4. The molecule has 1 fully saturated rings. The van der Waals surface area contributed by atoms with Crippen molar-refractivity contribution in [2.45, 2.75) is 26.8 Å². The number of nitrogens with one attached hydrogen (secondary N) is 2. The van der Waals surface area contributed by atoms with Crippen LogP contribution in [0.4, 0.5) is 5.95 Å². The summed E-state index contributed by atoms with van der Waals surface area (Å²) in [7, 11) is 0. The Bertz CT molecular complexity index is 552. The zero-order valence-corrected chi connectivity index (χ0v) is 14.6. The van der Waals surface area contributed by atoms with Crippen LogP contribution in [0.15, 0.2) is 12.4 Å². The zero-order valence-electron chi connectivity index (χ0n) is 14.6. The lowest BCUT2D eigenvalue weighted by atomic mass is 10.2. The van der Waals surface area contributed by atoms with Gasteiger partial charge in [-0.15, -0.1) is 0 Å². The molecule has 0 spiro atoms. The molecule has 2 N–H and O–H groups in total. The molecule has 2 heterocycles. The summed E-state index contributed by atoms with van der Waals surface area (Å²) >= 11 is 0. The second-order valence-corrected chi connectivity index (χ2v) is 6.12. The molecule has 0 unspecified atom stereocenters. The standard InChI is InChI=1S/C16H26N6O2/c1-4-17-16-18-9-13(10-19-16)15(24)22-7-5-21(6-8-22)11-14(23)20-12(2)3/h9-10,12H,4-8,11H2,1-3H3,(H,20,23)(H,17,18,19). The molecule has 0 atom stereocenters. The van der Waals surface area contributed by atoms with Crippen LogP contribution in [-0.2, 0) is 4.79 Å². The van der Waals surface area contributed by atoms with Crippen molar-refractivity contribution in [3.05, 3.63) is 18.0 Å². The van der Waals surface area contributed by atoms with Gasteiger partial charge < -0.3 is 15.5 Å². The van der Waals surface area contributed by atoms with Gasteiger partial charge in [-0.3, -0.25) is 14.5 Å². The van der Waals surface area contributed by atoms with Gasteiger partial charge in [0.15, 0.2) is 0 Å². The number of amides is 2. The molecule has 2 rings (SSSR count).